The lowest BCUT2D eigenvalue weighted by atomic mass is 10.2. The van der Waals surface area contributed by atoms with Crippen LogP contribution < -0.4 is 5.32 Å². The van der Waals surface area contributed by atoms with Crippen LogP contribution in [0.2, 0.25) is 0 Å². The Balaban J connectivity index is 1.68. The molecule has 0 saturated carbocycles. The van der Waals surface area contributed by atoms with Crippen LogP contribution in [-0.4, -0.2) is 45.4 Å². The minimum atomic E-state index is -0.191. The molecule has 0 aromatic carbocycles. The molecule has 1 atom stereocenters. The van der Waals surface area contributed by atoms with Gasteiger partial charge >= 0.3 is 6.03 Å². The Hall–Kier alpha value is -2.06. The van der Waals surface area contributed by atoms with Crippen LogP contribution in [0.25, 0.3) is 0 Å². The second kappa shape index (κ2) is 7.28. The number of nitrogens with one attached hydrogen (secondary N) is 1. The van der Waals surface area contributed by atoms with E-state index in [4.69, 9.17) is 4.74 Å². The van der Waals surface area contributed by atoms with Crippen molar-refractivity contribution in [2.45, 2.75) is 25.5 Å². The fourth-order valence-electron chi connectivity index (χ4n) is 2.36. The van der Waals surface area contributed by atoms with Crippen molar-refractivity contribution >= 4 is 22.5 Å². The Morgan fingerprint density at radius 3 is 3.00 bits per heavy atom. The van der Waals surface area contributed by atoms with Crippen molar-refractivity contribution in [1.29, 1.82) is 0 Å². The van der Waals surface area contributed by atoms with E-state index in [-0.39, 0.29) is 12.1 Å². The summed E-state index contributed by atoms with van der Waals surface area (Å²) in [6.07, 6.45) is 5.58. The number of aromatic nitrogens is 3. The molecule has 22 heavy (non-hydrogen) atoms. The Bertz CT molecular complexity index is 587. The van der Waals surface area contributed by atoms with E-state index in [9.17, 15) is 4.79 Å². The van der Waals surface area contributed by atoms with Crippen LogP contribution in [0.15, 0.2) is 30.0 Å². The van der Waals surface area contributed by atoms with E-state index in [1.165, 1.54) is 11.3 Å². The predicted octanol–water partition coefficient (Wildman–Crippen LogP) is 2.15. The van der Waals surface area contributed by atoms with Gasteiger partial charge in [0.2, 0.25) is 5.13 Å². The molecule has 1 aliphatic rings. The van der Waals surface area contributed by atoms with Crippen molar-refractivity contribution in [1.82, 2.24) is 20.1 Å². The number of hydrogen-bond donors (Lipinski definition) is 1. The number of carbonyl (C=O) groups is 1. The summed E-state index contributed by atoms with van der Waals surface area (Å²) in [4.78, 5) is 18.2. The van der Waals surface area contributed by atoms with Crippen LogP contribution in [0.1, 0.15) is 18.4 Å². The van der Waals surface area contributed by atoms with E-state index in [1.54, 1.807) is 22.8 Å². The summed E-state index contributed by atoms with van der Waals surface area (Å²) >= 11 is 1.30. The molecule has 1 saturated heterocycles. The standard InChI is InChI=1S/C14H17N5O2S/c20-14(17-13-18-16-10-22-13)19(9-12-2-1-7-21-12)8-11-3-5-15-6-4-11/h3-6,10,12H,1-2,7-9H2,(H,17,18,20)/t12-/m1/s1. The molecule has 0 bridgehead atoms. The monoisotopic (exact) mass is 319 g/mol. The average Bonchev–Trinajstić information content (AvgIpc) is 3.21. The van der Waals surface area contributed by atoms with Crippen LogP contribution in [0.4, 0.5) is 9.93 Å². The zero-order valence-corrected chi connectivity index (χ0v) is 12.8. The molecule has 1 N–H and O–H groups in total. The van der Waals surface area contributed by atoms with Gasteiger partial charge in [0.05, 0.1) is 6.10 Å². The molecule has 0 spiro atoms. The van der Waals surface area contributed by atoms with Crippen molar-refractivity contribution in [2.75, 3.05) is 18.5 Å². The van der Waals surface area contributed by atoms with Crippen LogP contribution in [0.5, 0.6) is 0 Å². The van der Waals surface area contributed by atoms with Gasteiger partial charge in [-0.3, -0.25) is 10.3 Å². The summed E-state index contributed by atoms with van der Waals surface area (Å²) < 4.78 is 5.65. The molecule has 2 aromatic heterocycles. The number of carbonyl (C=O) groups excluding carboxylic acids is 1. The van der Waals surface area contributed by atoms with Crippen LogP contribution >= 0.6 is 11.3 Å². The van der Waals surface area contributed by atoms with E-state index in [2.05, 4.69) is 20.5 Å². The number of hydrogen-bond acceptors (Lipinski definition) is 6. The molecule has 0 unspecified atom stereocenters. The summed E-state index contributed by atoms with van der Waals surface area (Å²) in [5.74, 6) is 0. The number of urea groups is 1. The molecule has 0 radical (unpaired) electrons. The van der Waals surface area contributed by atoms with E-state index < -0.39 is 0 Å². The molecule has 8 heteroatoms. The van der Waals surface area contributed by atoms with Crippen LogP contribution in [0.3, 0.4) is 0 Å². The first-order valence-electron chi connectivity index (χ1n) is 7.14. The highest BCUT2D eigenvalue weighted by atomic mass is 32.1. The van der Waals surface area contributed by atoms with Gasteiger partial charge in [0.15, 0.2) is 0 Å². The zero-order valence-electron chi connectivity index (χ0n) is 12.0. The fraction of sp³-hybridized carbons (Fsp3) is 0.429. The first-order chi connectivity index (χ1) is 10.8. The van der Waals surface area contributed by atoms with E-state index in [1.807, 2.05) is 12.1 Å². The first kappa shape index (κ1) is 14.9. The molecular formula is C14H17N5O2S. The molecule has 3 rings (SSSR count). The van der Waals surface area contributed by atoms with Gasteiger partial charge in [0.25, 0.3) is 0 Å². The second-order valence-electron chi connectivity index (χ2n) is 5.05. The third kappa shape index (κ3) is 3.99. The Morgan fingerprint density at radius 2 is 2.32 bits per heavy atom. The summed E-state index contributed by atoms with van der Waals surface area (Å²) in [5.41, 5.74) is 2.61. The SMILES string of the molecule is O=C(Nc1nncs1)N(Cc1ccncc1)C[C@H]1CCCO1. The van der Waals surface area contributed by atoms with Crippen LogP contribution in [-0.2, 0) is 11.3 Å². The minimum absolute atomic E-state index is 0.0991. The quantitative estimate of drug-likeness (QED) is 0.913. The van der Waals surface area contributed by atoms with Gasteiger partial charge in [0, 0.05) is 32.1 Å². The van der Waals surface area contributed by atoms with Crippen molar-refractivity contribution in [3.63, 3.8) is 0 Å². The van der Waals surface area contributed by atoms with Crippen molar-refractivity contribution in [3.05, 3.63) is 35.6 Å². The summed E-state index contributed by atoms with van der Waals surface area (Å²) in [5, 5.41) is 10.8. The molecule has 2 aromatic rings. The Labute approximate surface area is 132 Å². The maximum atomic E-state index is 12.5. The van der Waals surface area contributed by atoms with Crippen LogP contribution in [0, 0.1) is 0 Å². The highest BCUT2D eigenvalue weighted by molar-refractivity contribution is 7.13. The van der Waals surface area contributed by atoms with Crippen molar-refractivity contribution in [2.24, 2.45) is 0 Å². The largest absolute Gasteiger partial charge is 0.376 e. The van der Waals surface area contributed by atoms with Gasteiger partial charge in [-0.2, -0.15) is 0 Å². The zero-order chi connectivity index (χ0) is 15.2. The third-order valence-corrected chi connectivity index (χ3v) is 4.04. The number of rotatable bonds is 5. The smallest absolute Gasteiger partial charge is 0.324 e. The second-order valence-corrected chi connectivity index (χ2v) is 5.88. The minimum Gasteiger partial charge on any atom is -0.376 e. The number of nitrogens with zero attached hydrogens (tertiary/aromatic N) is 4. The van der Waals surface area contributed by atoms with Gasteiger partial charge in [0.1, 0.15) is 5.51 Å². The summed E-state index contributed by atoms with van der Waals surface area (Å²) in [7, 11) is 0. The molecular weight excluding hydrogens is 302 g/mol. The number of ether oxygens (including phenoxy) is 1. The molecule has 116 valence electrons. The van der Waals surface area contributed by atoms with E-state index in [0.717, 1.165) is 25.0 Å². The lowest BCUT2D eigenvalue weighted by Gasteiger charge is -2.25. The van der Waals surface area contributed by atoms with E-state index in [0.29, 0.717) is 18.2 Å². The molecule has 0 aliphatic carbocycles. The highest BCUT2D eigenvalue weighted by Gasteiger charge is 2.23. The fourth-order valence-corrected chi connectivity index (χ4v) is 2.79. The highest BCUT2D eigenvalue weighted by Crippen LogP contribution is 2.17. The van der Waals surface area contributed by atoms with Gasteiger partial charge in [-0.25, -0.2) is 4.79 Å². The number of amides is 2. The molecule has 2 amide bonds. The molecule has 1 fully saturated rings. The Morgan fingerprint density at radius 1 is 1.45 bits per heavy atom. The molecule has 7 nitrogen and oxygen atoms in total. The topological polar surface area (TPSA) is 80.2 Å². The Kier molecular flexibility index (Phi) is 4.92. The summed E-state index contributed by atoms with van der Waals surface area (Å²) in [6, 6.07) is 3.62. The molecule has 3 heterocycles. The van der Waals surface area contributed by atoms with Crippen molar-refractivity contribution in [3.8, 4) is 0 Å². The maximum absolute atomic E-state index is 12.5. The maximum Gasteiger partial charge on any atom is 0.324 e. The summed E-state index contributed by atoms with van der Waals surface area (Å²) in [6.45, 7) is 1.84. The third-order valence-electron chi connectivity index (χ3n) is 3.43. The van der Waals surface area contributed by atoms with Crippen molar-refractivity contribution < 1.29 is 9.53 Å². The van der Waals surface area contributed by atoms with Gasteiger partial charge < -0.3 is 9.64 Å². The average molecular weight is 319 g/mol. The molecule has 1 aliphatic heterocycles. The van der Waals surface area contributed by atoms with Gasteiger partial charge in [-0.1, -0.05) is 11.3 Å². The number of anilines is 1. The first-order valence-corrected chi connectivity index (χ1v) is 8.02. The van der Waals surface area contributed by atoms with Gasteiger partial charge in [-0.15, -0.1) is 10.2 Å². The number of pyridine rings is 1. The van der Waals surface area contributed by atoms with E-state index >= 15 is 0 Å². The van der Waals surface area contributed by atoms with Gasteiger partial charge in [-0.05, 0) is 30.5 Å². The normalized spacial score (nSPS) is 17.4. The lowest BCUT2D eigenvalue weighted by molar-refractivity contribution is 0.0819. The predicted molar refractivity (Wildman–Crippen MR) is 82.5 cm³/mol. The lowest BCUT2D eigenvalue weighted by Crippen LogP contribution is -2.39.